The molecule has 1 unspecified atom stereocenters. The van der Waals surface area contributed by atoms with Gasteiger partial charge in [0.15, 0.2) is 0 Å². The van der Waals surface area contributed by atoms with E-state index in [0.29, 0.717) is 0 Å². The largest absolute Gasteiger partial charge is 0.495 e. The maximum absolute atomic E-state index is 5.45. The number of methoxy groups -OCH3 is 1. The van der Waals surface area contributed by atoms with Crippen molar-refractivity contribution in [3.63, 3.8) is 0 Å². The van der Waals surface area contributed by atoms with Crippen LogP contribution in [-0.2, 0) is 0 Å². The van der Waals surface area contributed by atoms with E-state index in [1.807, 2.05) is 12.3 Å². The molecule has 0 saturated carbocycles. The van der Waals surface area contributed by atoms with Gasteiger partial charge in [-0.2, -0.15) is 0 Å². The highest BCUT2D eigenvalue weighted by Gasteiger charge is 2.17. The Morgan fingerprint density at radius 3 is 2.65 bits per heavy atom. The number of aryl methyl sites for hydroxylation is 2. The van der Waals surface area contributed by atoms with Crippen LogP contribution in [0.5, 0.6) is 5.75 Å². The molecular weight excluding hydrogens is 248 g/mol. The topological polar surface area (TPSA) is 34.2 Å². The zero-order valence-electron chi connectivity index (χ0n) is 12.6. The SMILES string of the molecule is CCNC(c1ccc(C)c(C)c1)c1ccncc1OC. The van der Waals surface area contributed by atoms with Gasteiger partial charge in [0.05, 0.1) is 19.3 Å². The van der Waals surface area contributed by atoms with Crippen molar-refractivity contribution >= 4 is 0 Å². The highest BCUT2D eigenvalue weighted by molar-refractivity contribution is 5.42. The number of hydrogen-bond donors (Lipinski definition) is 1. The van der Waals surface area contributed by atoms with Crippen molar-refractivity contribution in [3.05, 3.63) is 58.9 Å². The first-order valence-corrected chi connectivity index (χ1v) is 6.95. The second-order valence-corrected chi connectivity index (χ2v) is 4.95. The van der Waals surface area contributed by atoms with Gasteiger partial charge < -0.3 is 10.1 Å². The van der Waals surface area contributed by atoms with Gasteiger partial charge in [-0.05, 0) is 43.1 Å². The molecule has 1 aromatic heterocycles. The predicted octanol–water partition coefficient (Wildman–Crippen LogP) is 3.41. The molecule has 0 aliphatic rings. The summed E-state index contributed by atoms with van der Waals surface area (Å²) in [5.41, 5.74) is 4.98. The lowest BCUT2D eigenvalue weighted by atomic mass is 9.95. The van der Waals surface area contributed by atoms with Gasteiger partial charge >= 0.3 is 0 Å². The van der Waals surface area contributed by atoms with E-state index in [1.54, 1.807) is 13.3 Å². The van der Waals surface area contributed by atoms with Gasteiger partial charge in [0, 0.05) is 11.8 Å². The van der Waals surface area contributed by atoms with Crippen LogP contribution in [0.3, 0.4) is 0 Å². The molecule has 20 heavy (non-hydrogen) atoms. The molecule has 0 radical (unpaired) electrons. The first-order valence-electron chi connectivity index (χ1n) is 6.95. The highest BCUT2D eigenvalue weighted by atomic mass is 16.5. The summed E-state index contributed by atoms with van der Waals surface area (Å²) in [4.78, 5) is 4.13. The van der Waals surface area contributed by atoms with Crippen molar-refractivity contribution in [1.82, 2.24) is 10.3 Å². The Bertz CT molecular complexity index is 581. The number of pyridine rings is 1. The second-order valence-electron chi connectivity index (χ2n) is 4.95. The summed E-state index contributed by atoms with van der Waals surface area (Å²) in [6.45, 7) is 7.28. The fourth-order valence-electron chi connectivity index (χ4n) is 2.36. The van der Waals surface area contributed by atoms with Gasteiger partial charge in [0.25, 0.3) is 0 Å². The molecule has 0 saturated heterocycles. The van der Waals surface area contributed by atoms with Crippen LogP contribution in [0.15, 0.2) is 36.7 Å². The Labute approximate surface area is 121 Å². The summed E-state index contributed by atoms with van der Waals surface area (Å²) in [7, 11) is 1.68. The van der Waals surface area contributed by atoms with Gasteiger partial charge in [0.1, 0.15) is 5.75 Å². The number of ether oxygens (including phenoxy) is 1. The summed E-state index contributed by atoms with van der Waals surface area (Å²) in [6.07, 6.45) is 3.57. The number of aromatic nitrogens is 1. The van der Waals surface area contributed by atoms with Gasteiger partial charge in [-0.3, -0.25) is 4.98 Å². The maximum atomic E-state index is 5.45. The minimum absolute atomic E-state index is 0.122. The molecule has 106 valence electrons. The van der Waals surface area contributed by atoms with Crippen LogP contribution in [0.4, 0.5) is 0 Å². The van der Waals surface area contributed by atoms with Crippen molar-refractivity contribution in [3.8, 4) is 5.75 Å². The fourth-order valence-corrected chi connectivity index (χ4v) is 2.36. The van der Waals surface area contributed by atoms with E-state index in [0.717, 1.165) is 17.9 Å². The summed E-state index contributed by atoms with van der Waals surface area (Å²) < 4.78 is 5.45. The zero-order valence-corrected chi connectivity index (χ0v) is 12.6. The maximum Gasteiger partial charge on any atom is 0.142 e. The second kappa shape index (κ2) is 6.53. The summed E-state index contributed by atoms with van der Waals surface area (Å²) in [5, 5.41) is 3.53. The fraction of sp³-hybridized carbons (Fsp3) is 0.353. The third-order valence-corrected chi connectivity index (χ3v) is 3.62. The normalized spacial score (nSPS) is 12.2. The minimum atomic E-state index is 0.122. The lowest BCUT2D eigenvalue weighted by Gasteiger charge is -2.21. The number of rotatable bonds is 5. The van der Waals surface area contributed by atoms with Crippen LogP contribution in [0.1, 0.15) is 35.2 Å². The number of hydrogen-bond acceptors (Lipinski definition) is 3. The Kier molecular flexibility index (Phi) is 4.74. The van der Waals surface area contributed by atoms with Crippen molar-refractivity contribution < 1.29 is 4.74 Å². The standard InChI is InChI=1S/C17H22N2O/c1-5-19-17(14-7-6-12(2)13(3)10-14)15-8-9-18-11-16(15)20-4/h6-11,17,19H,5H2,1-4H3. The predicted molar refractivity (Wildman–Crippen MR) is 82.2 cm³/mol. The van der Waals surface area contributed by atoms with Crippen molar-refractivity contribution in [1.29, 1.82) is 0 Å². The first kappa shape index (κ1) is 14.5. The van der Waals surface area contributed by atoms with Crippen LogP contribution in [0, 0.1) is 13.8 Å². The van der Waals surface area contributed by atoms with Crippen molar-refractivity contribution in [2.75, 3.05) is 13.7 Å². The molecule has 1 N–H and O–H groups in total. The summed E-state index contributed by atoms with van der Waals surface area (Å²) in [5.74, 6) is 0.816. The van der Waals surface area contributed by atoms with Gasteiger partial charge in [-0.25, -0.2) is 0 Å². The molecular formula is C17H22N2O. The summed E-state index contributed by atoms with van der Waals surface area (Å²) >= 11 is 0. The molecule has 2 rings (SSSR count). The molecule has 3 heteroatoms. The van der Waals surface area contributed by atoms with Gasteiger partial charge in [-0.15, -0.1) is 0 Å². The van der Waals surface area contributed by atoms with Crippen LogP contribution >= 0.6 is 0 Å². The lowest BCUT2D eigenvalue weighted by molar-refractivity contribution is 0.402. The summed E-state index contributed by atoms with van der Waals surface area (Å²) in [6, 6.07) is 8.72. The molecule has 0 amide bonds. The Hall–Kier alpha value is -1.87. The Morgan fingerprint density at radius 2 is 2.00 bits per heavy atom. The van der Waals surface area contributed by atoms with E-state index in [-0.39, 0.29) is 6.04 Å². The first-order chi connectivity index (χ1) is 9.67. The lowest BCUT2D eigenvalue weighted by Crippen LogP contribution is -2.22. The van der Waals surface area contributed by atoms with Crippen LogP contribution < -0.4 is 10.1 Å². The van der Waals surface area contributed by atoms with E-state index in [2.05, 4.69) is 49.3 Å². The van der Waals surface area contributed by atoms with Crippen molar-refractivity contribution in [2.24, 2.45) is 0 Å². The molecule has 0 fully saturated rings. The molecule has 0 bridgehead atoms. The molecule has 1 heterocycles. The van der Waals surface area contributed by atoms with E-state index >= 15 is 0 Å². The molecule has 0 aliphatic heterocycles. The van der Waals surface area contributed by atoms with Crippen LogP contribution in [0.25, 0.3) is 0 Å². The molecule has 2 aromatic rings. The Balaban J connectivity index is 2.47. The highest BCUT2D eigenvalue weighted by Crippen LogP contribution is 2.30. The average molecular weight is 270 g/mol. The van der Waals surface area contributed by atoms with Gasteiger partial charge in [0.2, 0.25) is 0 Å². The van der Waals surface area contributed by atoms with Crippen LogP contribution in [0.2, 0.25) is 0 Å². The number of nitrogens with one attached hydrogen (secondary N) is 1. The molecule has 3 nitrogen and oxygen atoms in total. The zero-order chi connectivity index (χ0) is 14.5. The average Bonchev–Trinajstić information content (AvgIpc) is 2.48. The minimum Gasteiger partial charge on any atom is -0.495 e. The number of nitrogens with zero attached hydrogens (tertiary/aromatic N) is 1. The van der Waals surface area contributed by atoms with E-state index < -0.39 is 0 Å². The Morgan fingerprint density at radius 1 is 1.20 bits per heavy atom. The smallest absolute Gasteiger partial charge is 0.142 e. The molecule has 0 spiro atoms. The quantitative estimate of drug-likeness (QED) is 0.904. The van der Waals surface area contributed by atoms with Crippen molar-refractivity contribution in [2.45, 2.75) is 26.8 Å². The van der Waals surface area contributed by atoms with E-state index in [1.165, 1.54) is 16.7 Å². The third kappa shape index (κ3) is 2.99. The van der Waals surface area contributed by atoms with Gasteiger partial charge in [-0.1, -0.05) is 25.1 Å². The third-order valence-electron chi connectivity index (χ3n) is 3.62. The number of benzene rings is 1. The monoisotopic (exact) mass is 270 g/mol. The van der Waals surface area contributed by atoms with E-state index in [4.69, 9.17) is 4.74 Å². The molecule has 1 aromatic carbocycles. The van der Waals surface area contributed by atoms with E-state index in [9.17, 15) is 0 Å². The van der Waals surface area contributed by atoms with Crippen LogP contribution in [-0.4, -0.2) is 18.6 Å². The molecule has 1 atom stereocenters. The molecule has 0 aliphatic carbocycles.